The number of thiocarbonyl (C=S) groups is 1. The molecule has 0 spiro atoms. The van der Waals surface area contributed by atoms with Crippen LogP contribution < -0.4 is 9.64 Å². The van der Waals surface area contributed by atoms with Crippen molar-refractivity contribution in [1.82, 2.24) is 4.98 Å². The van der Waals surface area contributed by atoms with Gasteiger partial charge in [-0.05, 0) is 64.5 Å². The number of nitrogens with zero attached hydrogens (tertiary/aromatic N) is 2. The van der Waals surface area contributed by atoms with E-state index in [1.165, 1.54) is 17.0 Å². The highest BCUT2D eigenvalue weighted by molar-refractivity contribution is 9.10. The second kappa shape index (κ2) is 6.58. The van der Waals surface area contributed by atoms with Gasteiger partial charge in [-0.2, -0.15) is 0 Å². The zero-order chi connectivity index (χ0) is 17.3. The number of carbonyl (C=O) groups excluding carboxylic acids is 1. The fourth-order valence-corrected chi connectivity index (χ4v) is 2.69. The lowest BCUT2D eigenvalue weighted by atomic mass is 10.2. The van der Waals surface area contributed by atoms with Crippen molar-refractivity contribution in [2.45, 2.75) is 0 Å². The fourth-order valence-electron chi connectivity index (χ4n) is 2.08. The van der Waals surface area contributed by atoms with Gasteiger partial charge in [0.2, 0.25) is 0 Å². The molecule has 1 aromatic heterocycles. The monoisotopic (exact) mass is 406 g/mol. The Hall–Kier alpha value is -2.45. The zero-order valence-electron chi connectivity index (χ0n) is 12.4. The van der Waals surface area contributed by atoms with Gasteiger partial charge in [-0.1, -0.05) is 0 Å². The van der Waals surface area contributed by atoms with Crippen molar-refractivity contribution in [3.05, 3.63) is 52.5 Å². The molecule has 1 N–H and O–H groups in total. The van der Waals surface area contributed by atoms with E-state index in [1.807, 2.05) is 0 Å². The van der Waals surface area contributed by atoms with Gasteiger partial charge >= 0.3 is 5.91 Å². The van der Waals surface area contributed by atoms with Gasteiger partial charge in [0.1, 0.15) is 16.1 Å². The Labute approximate surface area is 151 Å². The Morgan fingerprint density at radius 3 is 2.62 bits per heavy atom. The third-order valence-corrected chi connectivity index (χ3v) is 4.10. The van der Waals surface area contributed by atoms with Crippen molar-refractivity contribution in [3.8, 4) is 11.5 Å². The molecule has 0 saturated carbocycles. The lowest BCUT2D eigenvalue weighted by Crippen LogP contribution is -2.27. The quantitative estimate of drug-likeness (QED) is 0.479. The van der Waals surface area contributed by atoms with Gasteiger partial charge in [-0.3, -0.25) is 4.79 Å². The third kappa shape index (κ3) is 3.10. The number of aromatic nitrogens is 1. The smallest absolute Gasteiger partial charge is 0.301 e. The molecule has 1 aliphatic rings. The van der Waals surface area contributed by atoms with Crippen molar-refractivity contribution >= 4 is 51.0 Å². The zero-order valence-corrected chi connectivity index (χ0v) is 14.8. The summed E-state index contributed by atoms with van der Waals surface area (Å²) < 4.78 is 10.8. The van der Waals surface area contributed by atoms with Crippen molar-refractivity contribution in [1.29, 1.82) is 0 Å². The number of rotatable bonds is 3. The molecule has 1 saturated heterocycles. The number of amides is 1. The largest absolute Gasteiger partial charge is 0.505 e. The van der Waals surface area contributed by atoms with Crippen LogP contribution in [0.4, 0.5) is 5.69 Å². The van der Waals surface area contributed by atoms with E-state index in [0.29, 0.717) is 17.1 Å². The van der Waals surface area contributed by atoms with Crippen molar-refractivity contribution < 1.29 is 19.4 Å². The van der Waals surface area contributed by atoms with E-state index in [0.717, 1.165) is 0 Å². The summed E-state index contributed by atoms with van der Waals surface area (Å²) >= 11 is 8.26. The Morgan fingerprint density at radius 2 is 2.00 bits per heavy atom. The lowest BCUT2D eigenvalue weighted by Gasteiger charge is -2.12. The Bertz CT molecular complexity index is 852. The number of pyridine rings is 1. The first-order valence-electron chi connectivity index (χ1n) is 6.77. The highest BCUT2D eigenvalue weighted by atomic mass is 79.9. The van der Waals surface area contributed by atoms with Gasteiger partial charge in [-0.15, -0.1) is 0 Å². The number of ether oxygens (including phenoxy) is 2. The van der Waals surface area contributed by atoms with E-state index in [-0.39, 0.29) is 21.3 Å². The summed E-state index contributed by atoms with van der Waals surface area (Å²) in [6.07, 6.45) is 1.46. The number of aromatic hydroxyl groups is 1. The number of carbonyl (C=O) groups is 1. The lowest BCUT2D eigenvalue weighted by molar-refractivity contribution is -0.114. The van der Waals surface area contributed by atoms with Crippen LogP contribution in [0.25, 0.3) is 6.08 Å². The normalized spacial score (nSPS) is 15.8. The van der Waals surface area contributed by atoms with Crippen molar-refractivity contribution in [3.63, 3.8) is 0 Å². The van der Waals surface area contributed by atoms with Crippen LogP contribution in [0.2, 0.25) is 0 Å². The minimum atomic E-state index is -0.392. The second-order valence-corrected chi connectivity index (χ2v) is 5.86. The number of hydrogen-bond acceptors (Lipinski definition) is 6. The average Bonchev–Trinajstić information content (AvgIpc) is 2.85. The van der Waals surface area contributed by atoms with Gasteiger partial charge < -0.3 is 14.6 Å². The molecule has 0 bridgehead atoms. The van der Waals surface area contributed by atoms with Crippen LogP contribution in [0.15, 0.2) is 46.8 Å². The van der Waals surface area contributed by atoms with E-state index in [4.69, 9.17) is 21.7 Å². The SMILES string of the molecule is COc1ccc(N2C(=O)/C(=C\c3ccc(O)c(Br)n3)OC2=S)cc1. The summed E-state index contributed by atoms with van der Waals surface area (Å²) in [4.78, 5) is 17.9. The minimum absolute atomic E-state index is 0.00574. The summed E-state index contributed by atoms with van der Waals surface area (Å²) in [6.45, 7) is 0. The van der Waals surface area contributed by atoms with E-state index in [9.17, 15) is 9.90 Å². The molecule has 24 heavy (non-hydrogen) atoms. The van der Waals surface area contributed by atoms with Crippen LogP contribution in [0, 0.1) is 0 Å². The molecule has 0 atom stereocenters. The first-order chi connectivity index (χ1) is 11.5. The molecule has 0 radical (unpaired) electrons. The number of benzene rings is 1. The van der Waals surface area contributed by atoms with Gasteiger partial charge in [0.05, 0.1) is 18.5 Å². The summed E-state index contributed by atoms with van der Waals surface area (Å²) in [5.41, 5.74) is 1.02. The first-order valence-corrected chi connectivity index (χ1v) is 7.97. The molecule has 122 valence electrons. The van der Waals surface area contributed by atoms with E-state index in [2.05, 4.69) is 20.9 Å². The molecule has 1 fully saturated rings. The van der Waals surface area contributed by atoms with Crippen LogP contribution >= 0.6 is 28.1 Å². The predicted octanol–water partition coefficient (Wildman–Crippen LogP) is 3.25. The second-order valence-electron chi connectivity index (χ2n) is 4.76. The van der Waals surface area contributed by atoms with Gasteiger partial charge in [0.25, 0.3) is 5.17 Å². The maximum absolute atomic E-state index is 12.6. The molecule has 0 aliphatic carbocycles. The van der Waals surface area contributed by atoms with Crippen LogP contribution in [0.1, 0.15) is 5.69 Å². The Morgan fingerprint density at radius 1 is 1.29 bits per heavy atom. The molecule has 2 aromatic rings. The summed E-state index contributed by atoms with van der Waals surface area (Å²) in [5.74, 6) is 0.342. The molecular weight excluding hydrogens is 396 g/mol. The molecule has 1 amide bonds. The molecule has 8 heteroatoms. The molecule has 3 rings (SSSR count). The fraction of sp³-hybridized carbons (Fsp3) is 0.0625. The van der Waals surface area contributed by atoms with Crippen LogP contribution in [-0.4, -0.2) is 28.3 Å². The van der Waals surface area contributed by atoms with Crippen molar-refractivity contribution in [2.24, 2.45) is 0 Å². The Balaban J connectivity index is 1.90. The molecule has 1 aromatic carbocycles. The van der Waals surface area contributed by atoms with Crippen LogP contribution in [0.3, 0.4) is 0 Å². The van der Waals surface area contributed by atoms with E-state index in [1.54, 1.807) is 37.4 Å². The number of hydrogen-bond donors (Lipinski definition) is 1. The summed E-state index contributed by atoms with van der Waals surface area (Å²) in [6, 6.07) is 9.90. The van der Waals surface area contributed by atoms with E-state index >= 15 is 0 Å². The van der Waals surface area contributed by atoms with Crippen LogP contribution in [-0.2, 0) is 9.53 Å². The van der Waals surface area contributed by atoms with E-state index < -0.39 is 5.91 Å². The Kier molecular flexibility index (Phi) is 4.50. The van der Waals surface area contributed by atoms with Gasteiger partial charge in [0, 0.05) is 6.08 Å². The molecule has 1 aliphatic heterocycles. The molecule has 2 heterocycles. The maximum atomic E-state index is 12.6. The standard InChI is InChI=1S/C16H11BrN2O4S/c1-22-11-5-3-10(4-6-11)19-15(21)13(23-16(19)24)8-9-2-7-12(20)14(17)18-9/h2-8,20H,1H3/b13-8+. The number of halogens is 1. The average molecular weight is 407 g/mol. The van der Waals surface area contributed by atoms with Crippen molar-refractivity contribution in [2.75, 3.05) is 12.0 Å². The molecular formula is C16H11BrN2O4S. The predicted molar refractivity (Wildman–Crippen MR) is 95.7 cm³/mol. The number of anilines is 1. The minimum Gasteiger partial charge on any atom is -0.505 e. The molecule has 0 unspecified atom stereocenters. The first kappa shape index (κ1) is 16.4. The summed E-state index contributed by atoms with van der Waals surface area (Å²) in [5, 5.41) is 9.50. The van der Waals surface area contributed by atoms with Crippen LogP contribution in [0.5, 0.6) is 11.5 Å². The van der Waals surface area contributed by atoms with Gasteiger partial charge in [-0.25, -0.2) is 9.88 Å². The maximum Gasteiger partial charge on any atom is 0.301 e. The molecule has 6 nitrogen and oxygen atoms in total. The van der Waals surface area contributed by atoms with Gasteiger partial charge in [0.15, 0.2) is 5.76 Å². The highest BCUT2D eigenvalue weighted by Crippen LogP contribution is 2.28. The topological polar surface area (TPSA) is 71.9 Å². The summed E-state index contributed by atoms with van der Waals surface area (Å²) in [7, 11) is 1.56. The third-order valence-electron chi connectivity index (χ3n) is 3.25. The number of methoxy groups -OCH3 is 1. The highest BCUT2D eigenvalue weighted by Gasteiger charge is 2.34.